The van der Waals surface area contributed by atoms with Crippen molar-refractivity contribution < 1.29 is 29.3 Å². The number of nitrogens with one attached hydrogen (secondary N) is 2. The van der Waals surface area contributed by atoms with Crippen molar-refractivity contribution in [3.63, 3.8) is 0 Å². The molecular weight excluding hydrogens is 617 g/mol. The molecule has 26 heavy (non-hydrogen) atoms. The highest BCUT2D eigenvalue weighted by molar-refractivity contribution is 14.1. The number of benzene rings is 1. The van der Waals surface area contributed by atoms with E-state index in [0.29, 0.717) is 0 Å². The number of aliphatic hydroxyl groups excluding tert-OH is 2. The molecule has 1 rings (SSSR count). The summed E-state index contributed by atoms with van der Waals surface area (Å²) in [6, 6.07) is 0. The fraction of sp³-hybridized carbons (Fsp3) is 0.357. The van der Waals surface area contributed by atoms with Crippen molar-refractivity contribution in [2.24, 2.45) is 0 Å². The molecule has 0 bridgehead atoms. The average Bonchev–Trinajstić information content (AvgIpc) is 2.56. The number of halogens is 4. The molecule has 0 heterocycles. The number of carbonyl (C=O) groups excluding carboxylic acids is 3. The first-order valence-electron chi connectivity index (χ1n) is 6.91. The molecule has 2 amide bonds. The molecule has 1 aromatic rings. The number of aliphatic hydroxyl groups is 2. The Morgan fingerprint density at radius 2 is 1.85 bits per heavy atom. The molecule has 0 aromatic heterocycles. The second kappa shape index (κ2) is 10.9. The number of carbonyl (C=O) groups is 3. The Labute approximate surface area is 186 Å². The van der Waals surface area contributed by atoms with Gasteiger partial charge in [-0.15, -0.1) is 0 Å². The van der Waals surface area contributed by atoms with Crippen LogP contribution in [0, 0.1) is 7.14 Å². The quantitative estimate of drug-likeness (QED) is 0.256. The van der Waals surface area contributed by atoms with Crippen LogP contribution in [0.15, 0.2) is 0 Å². The van der Waals surface area contributed by atoms with E-state index in [9.17, 15) is 19.5 Å². The van der Waals surface area contributed by atoms with Gasteiger partial charge in [0.15, 0.2) is 0 Å². The zero-order valence-corrected chi connectivity index (χ0v) is 19.1. The lowest BCUT2D eigenvalue weighted by Gasteiger charge is -2.18. The first kappa shape index (κ1) is 23.8. The van der Waals surface area contributed by atoms with Gasteiger partial charge in [-0.3, -0.25) is 14.4 Å². The molecule has 0 aliphatic carbocycles. The number of rotatable bonds is 8. The molecule has 0 radical (unpaired) electrons. The molecule has 8 nitrogen and oxygen atoms in total. The lowest BCUT2D eigenvalue weighted by molar-refractivity contribution is -0.119. The lowest BCUT2D eigenvalue weighted by atomic mass is 10.1. The van der Waals surface area contributed by atoms with Crippen LogP contribution < -0.4 is 10.6 Å². The zero-order valence-electron chi connectivity index (χ0n) is 13.2. The van der Waals surface area contributed by atoms with Crippen LogP contribution in [0.2, 0.25) is 5.02 Å². The van der Waals surface area contributed by atoms with Crippen molar-refractivity contribution >= 4 is 91.1 Å². The summed E-state index contributed by atoms with van der Waals surface area (Å²) in [5, 5.41) is 22.1. The van der Waals surface area contributed by atoms with Gasteiger partial charge < -0.3 is 25.6 Å². The third-order valence-electron chi connectivity index (χ3n) is 2.99. The maximum atomic E-state index is 12.5. The average molecular weight is 631 g/mol. The molecule has 0 fully saturated rings. The molecular formula is C14H14Cl2I2N2O6. The van der Waals surface area contributed by atoms with E-state index in [1.54, 1.807) is 45.2 Å². The lowest BCUT2D eigenvalue weighted by Crippen LogP contribution is -2.35. The SMILES string of the molecule is COCC(=O)Nc1c(Cl)c(C(=O)NCC(O)CO)c(I)c(C(=O)Cl)c1I. The second-order valence-electron chi connectivity index (χ2n) is 4.87. The van der Waals surface area contributed by atoms with Gasteiger partial charge >= 0.3 is 0 Å². The number of methoxy groups -OCH3 is 1. The van der Waals surface area contributed by atoms with E-state index < -0.39 is 29.8 Å². The van der Waals surface area contributed by atoms with Crippen LogP contribution in [0.5, 0.6) is 0 Å². The minimum absolute atomic E-state index is 0.0119. The molecule has 12 heteroatoms. The van der Waals surface area contributed by atoms with Gasteiger partial charge in [0.25, 0.3) is 11.1 Å². The fourth-order valence-electron chi connectivity index (χ4n) is 1.82. The third kappa shape index (κ3) is 5.87. The van der Waals surface area contributed by atoms with Gasteiger partial charge in [-0.2, -0.15) is 0 Å². The summed E-state index contributed by atoms with van der Waals surface area (Å²) in [7, 11) is 1.33. The van der Waals surface area contributed by atoms with Crippen molar-refractivity contribution in [2.45, 2.75) is 6.10 Å². The number of ether oxygens (including phenoxy) is 1. The molecule has 0 spiro atoms. The first-order valence-corrected chi connectivity index (χ1v) is 9.83. The van der Waals surface area contributed by atoms with Crippen molar-refractivity contribution in [1.29, 1.82) is 0 Å². The Morgan fingerprint density at radius 1 is 1.23 bits per heavy atom. The predicted octanol–water partition coefficient (Wildman–Crippen LogP) is 1.60. The Kier molecular flexibility index (Phi) is 9.99. The fourth-order valence-corrected chi connectivity index (χ4v) is 5.43. The smallest absolute Gasteiger partial charge is 0.254 e. The summed E-state index contributed by atoms with van der Waals surface area (Å²) < 4.78 is 5.19. The normalized spacial score (nSPS) is 11.8. The van der Waals surface area contributed by atoms with Gasteiger partial charge in [0.05, 0.1) is 38.1 Å². The van der Waals surface area contributed by atoms with Gasteiger partial charge in [-0.25, -0.2) is 0 Å². The van der Waals surface area contributed by atoms with Crippen molar-refractivity contribution in [3.8, 4) is 0 Å². The van der Waals surface area contributed by atoms with E-state index in [0.717, 1.165) is 0 Å². The standard InChI is InChI=1S/C14H14Cl2I2N2O6/c1-26-4-6(23)20-12-9(15)7(14(25)19-2-5(22)3-21)10(17)8(11(12)18)13(16)24/h5,21-22H,2-4H2,1H3,(H,19,25)(H,20,23). The molecule has 144 valence electrons. The van der Waals surface area contributed by atoms with E-state index in [1.807, 2.05) is 0 Å². The molecule has 0 saturated heterocycles. The summed E-state index contributed by atoms with van der Waals surface area (Å²) >= 11 is 15.5. The summed E-state index contributed by atoms with van der Waals surface area (Å²) in [5.41, 5.74) is -0.0287. The van der Waals surface area contributed by atoms with Crippen LogP contribution in [-0.4, -0.2) is 60.2 Å². The molecule has 0 aliphatic rings. The zero-order chi connectivity index (χ0) is 20.0. The Morgan fingerprint density at radius 3 is 2.35 bits per heavy atom. The molecule has 1 unspecified atom stereocenters. The summed E-state index contributed by atoms with van der Waals surface area (Å²) in [6.45, 7) is -1.03. The summed E-state index contributed by atoms with van der Waals surface area (Å²) in [6.07, 6.45) is -1.16. The Balaban J connectivity index is 3.44. The number of hydrogen-bond donors (Lipinski definition) is 4. The monoisotopic (exact) mass is 630 g/mol. The molecule has 0 aliphatic heterocycles. The van der Waals surface area contributed by atoms with E-state index in [4.69, 9.17) is 33.0 Å². The largest absolute Gasteiger partial charge is 0.394 e. The van der Waals surface area contributed by atoms with E-state index in [1.165, 1.54) is 7.11 Å². The van der Waals surface area contributed by atoms with Crippen LogP contribution in [0.1, 0.15) is 20.7 Å². The highest BCUT2D eigenvalue weighted by atomic mass is 127. The third-order valence-corrected chi connectivity index (χ3v) is 5.71. The highest BCUT2D eigenvalue weighted by Crippen LogP contribution is 2.38. The van der Waals surface area contributed by atoms with Gasteiger partial charge in [-0.1, -0.05) is 11.6 Å². The second-order valence-corrected chi connectivity index (χ2v) is 7.75. The van der Waals surface area contributed by atoms with E-state index in [2.05, 4.69) is 10.6 Å². The van der Waals surface area contributed by atoms with Crippen molar-refractivity contribution in [1.82, 2.24) is 5.32 Å². The van der Waals surface area contributed by atoms with Crippen LogP contribution in [0.4, 0.5) is 5.69 Å². The summed E-state index contributed by atoms with van der Waals surface area (Å²) in [5.74, 6) is -1.24. The van der Waals surface area contributed by atoms with Crippen molar-refractivity contribution in [2.75, 3.05) is 32.2 Å². The maximum absolute atomic E-state index is 12.5. The highest BCUT2D eigenvalue weighted by Gasteiger charge is 2.28. The van der Waals surface area contributed by atoms with Crippen LogP contribution in [0.25, 0.3) is 0 Å². The topological polar surface area (TPSA) is 125 Å². The van der Waals surface area contributed by atoms with Gasteiger partial charge in [0.1, 0.15) is 6.61 Å². The summed E-state index contributed by atoms with van der Waals surface area (Å²) in [4.78, 5) is 36.1. The van der Waals surface area contributed by atoms with Crippen LogP contribution in [0.3, 0.4) is 0 Å². The number of hydrogen-bond acceptors (Lipinski definition) is 6. The van der Waals surface area contributed by atoms with E-state index >= 15 is 0 Å². The first-order chi connectivity index (χ1) is 12.1. The van der Waals surface area contributed by atoms with Gasteiger partial charge in [0, 0.05) is 17.2 Å². The van der Waals surface area contributed by atoms with Crippen LogP contribution in [-0.2, 0) is 9.53 Å². The minimum atomic E-state index is -1.16. The predicted molar refractivity (Wildman–Crippen MR) is 113 cm³/mol. The Hall–Kier alpha value is -0.250. The van der Waals surface area contributed by atoms with Gasteiger partial charge in [0.2, 0.25) is 5.91 Å². The number of anilines is 1. The molecule has 1 aromatic carbocycles. The van der Waals surface area contributed by atoms with Gasteiger partial charge in [-0.05, 0) is 56.8 Å². The molecule has 4 N–H and O–H groups in total. The van der Waals surface area contributed by atoms with Crippen molar-refractivity contribution in [3.05, 3.63) is 23.3 Å². The van der Waals surface area contributed by atoms with Crippen LogP contribution >= 0.6 is 68.4 Å². The molecule has 0 saturated carbocycles. The maximum Gasteiger partial charge on any atom is 0.254 e. The minimum Gasteiger partial charge on any atom is -0.394 e. The molecule has 1 atom stereocenters. The Bertz CT molecular complexity index is 732. The number of amides is 2. The van der Waals surface area contributed by atoms with E-state index in [-0.39, 0.29) is 42.1 Å².